The summed E-state index contributed by atoms with van der Waals surface area (Å²) in [5.41, 5.74) is 1.02. The molecule has 0 bridgehead atoms. The summed E-state index contributed by atoms with van der Waals surface area (Å²) in [7, 11) is 3.29. The molecule has 1 atom stereocenters. The van der Waals surface area contributed by atoms with Gasteiger partial charge in [0.15, 0.2) is 17.3 Å². The predicted molar refractivity (Wildman–Crippen MR) is 91.7 cm³/mol. The lowest BCUT2D eigenvalue weighted by Crippen LogP contribution is -2.32. The van der Waals surface area contributed by atoms with E-state index in [1.54, 1.807) is 14.2 Å². The second-order valence-electron chi connectivity index (χ2n) is 6.14. The van der Waals surface area contributed by atoms with Gasteiger partial charge in [-0.15, -0.1) is 0 Å². The molecule has 1 fully saturated rings. The molecule has 7 heteroatoms. The van der Waals surface area contributed by atoms with Crippen LogP contribution in [0.3, 0.4) is 0 Å². The van der Waals surface area contributed by atoms with Crippen LogP contribution in [0, 0.1) is 12.8 Å². The fourth-order valence-corrected chi connectivity index (χ4v) is 3.26. The Kier molecular flexibility index (Phi) is 5.88. The first-order valence-electron chi connectivity index (χ1n) is 8.54. The van der Waals surface area contributed by atoms with E-state index in [9.17, 15) is 0 Å². The number of ether oxygens (including phenoxy) is 3. The first-order valence-corrected chi connectivity index (χ1v) is 8.54. The first kappa shape index (κ1) is 17.7. The van der Waals surface area contributed by atoms with Gasteiger partial charge in [0, 0.05) is 25.3 Å². The van der Waals surface area contributed by atoms with Crippen molar-refractivity contribution < 1.29 is 18.7 Å². The molecule has 0 spiro atoms. The topological polar surface area (TPSA) is 78.6 Å². The zero-order chi connectivity index (χ0) is 17.6. The minimum atomic E-state index is -0.0130. The third-order valence-electron chi connectivity index (χ3n) is 4.54. The second-order valence-corrected chi connectivity index (χ2v) is 6.14. The number of methoxy groups -OCH3 is 2. The van der Waals surface area contributed by atoms with Crippen LogP contribution in [0.25, 0.3) is 0 Å². The number of nitrogens with one attached hydrogen (secondary N) is 1. The molecule has 1 aliphatic heterocycles. The van der Waals surface area contributed by atoms with Crippen molar-refractivity contribution in [2.45, 2.75) is 32.4 Å². The Labute approximate surface area is 147 Å². The van der Waals surface area contributed by atoms with Gasteiger partial charge in [0.05, 0.1) is 20.3 Å². The zero-order valence-corrected chi connectivity index (χ0v) is 14.9. The van der Waals surface area contributed by atoms with E-state index in [0.717, 1.165) is 43.1 Å². The fourth-order valence-electron chi connectivity index (χ4n) is 3.26. The SMILES string of the molecule is COc1cccc(CN[C@@H](c2nc(C)no2)C2CCOCC2)c1OC. The number of benzene rings is 1. The molecule has 0 aliphatic carbocycles. The van der Waals surface area contributed by atoms with Gasteiger partial charge in [-0.3, -0.25) is 0 Å². The fraction of sp³-hybridized carbons (Fsp3) is 0.556. The molecule has 136 valence electrons. The van der Waals surface area contributed by atoms with Crippen molar-refractivity contribution in [3.05, 3.63) is 35.5 Å². The molecule has 0 saturated carbocycles. The Morgan fingerprint density at radius 2 is 2.04 bits per heavy atom. The molecule has 25 heavy (non-hydrogen) atoms. The molecule has 1 aromatic heterocycles. The summed E-state index contributed by atoms with van der Waals surface area (Å²) >= 11 is 0. The lowest BCUT2D eigenvalue weighted by atomic mass is 9.91. The van der Waals surface area contributed by atoms with Crippen LogP contribution in [-0.4, -0.2) is 37.6 Å². The number of rotatable bonds is 7. The summed E-state index contributed by atoms with van der Waals surface area (Å²) < 4.78 is 21.8. The number of hydrogen-bond donors (Lipinski definition) is 1. The van der Waals surface area contributed by atoms with Crippen molar-refractivity contribution in [1.82, 2.24) is 15.5 Å². The van der Waals surface area contributed by atoms with E-state index in [0.29, 0.717) is 24.2 Å². The summed E-state index contributed by atoms with van der Waals surface area (Å²) in [5, 5.41) is 7.52. The molecule has 0 unspecified atom stereocenters. The monoisotopic (exact) mass is 347 g/mol. The van der Waals surface area contributed by atoms with Gasteiger partial charge in [0.1, 0.15) is 0 Å². The highest BCUT2D eigenvalue weighted by atomic mass is 16.5. The summed E-state index contributed by atoms with van der Waals surface area (Å²) in [6.07, 6.45) is 1.93. The average Bonchev–Trinajstić information content (AvgIpc) is 3.08. The second kappa shape index (κ2) is 8.31. The molecule has 0 radical (unpaired) electrons. The minimum Gasteiger partial charge on any atom is -0.493 e. The molecule has 1 N–H and O–H groups in total. The number of nitrogens with zero attached hydrogens (tertiary/aromatic N) is 2. The molecule has 1 aromatic carbocycles. The standard InChI is InChI=1S/C18H25N3O4/c1-12-20-18(25-21-12)16(13-7-9-24-10-8-13)19-11-14-5-4-6-15(22-2)17(14)23-3/h4-6,13,16,19H,7-11H2,1-3H3/t16-/m1/s1. The van der Waals surface area contributed by atoms with Gasteiger partial charge in [-0.25, -0.2) is 0 Å². The van der Waals surface area contributed by atoms with E-state index in [-0.39, 0.29) is 6.04 Å². The van der Waals surface area contributed by atoms with E-state index in [4.69, 9.17) is 18.7 Å². The molecule has 3 rings (SSSR count). The number of hydrogen-bond acceptors (Lipinski definition) is 7. The summed E-state index contributed by atoms with van der Waals surface area (Å²) in [6.45, 7) is 3.97. The lowest BCUT2D eigenvalue weighted by Gasteiger charge is -2.29. The van der Waals surface area contributed by atoms with E-state index >= 15 is 0 Å². The maximum Gasteiger partial charge on any atom is 0.244 e. The molecule has 0 amide bonds. The van der Waals surface area contributed by atoms with Crippen LogP contribution in [0.1, 0.15) is 36.2 Å². The van der Waals surface area contributed by atoms with Gasteiger partial charge < -0.3 is 24.1 Å². The summed E-state index contributed by atoms with van der Waals surface area (Å²) in [6, 6.07) is 5.85. The molecular formula is C18H25N3O4. The van der Waals surface area contributed by atoms with E-state index < -0.39 is 0 Å². The van der Waals surface area contributed by atoms with E-state index in [1.165, 1.54) is 0 Å². The zero-order valence-electron chi connectivity index (χ0n) is 14.9. The number of para-hydroxylation sites is 1. The van der Waals surface area contributed by atoms with Crippen LogP contribution in [0.4, 0.5) is 0 Å². The van der Waals surface area contributed by atoms with Crippen molar-refractivity contribution >= 4 is 0 Å². The number of aryl methyl sites for hydroxylation is 1. The van der Waals surface area contributed by atoms with Gasteiger partial charge >= 0.3 is 0 Å². The highest BCUT2D eigenvalue weighted by Gasteiger charge is 2.29. The summed E-state index contributed by atoms with van der Waals surface area (Å²) in [4.78, 5) is 4.44. The maximum absolute atomic E-state index is 5.52. The van der Waals surface area contributed by atoms with Crippen LogP contribution >= 0.6 is 0 Å². The van der Waals surface area contributed by atoms with Gasteiger partial charge in [0.25, 0.3) is 0 Å². The minimum absolute atomic E-state index is 0.0130. The van der Waals surface area contributed by atoms with Gasteiger partial charge in [-0.2, -0.15) is 4.98 Å². The van der Waals surface area contributed by atoms with Crippen molar-refractivity contribution in [2.75, 3.05) is 27.4 Å². The molecular weight excluding hydrogens is 322 g/mol. The Morgan fingerprint density at radius 3 is 2.68 bits per heavy atom. The molecule has 7 nitrogen and oxygen atoms in total. The molecule has 2 heterocycles. The molecule has 2 aromatic rings. The Hall–Kier alpha value is -2.12. The van der Waals surface area contributed by atoms with E-state index in [2.05, 4.69) is 15.5 Å². The quantitative estimate of drug-likeness (QED) is 0.825. The van der Waals surface area contributed by atoms with Gasteiger partial charge in [-0.05, 0) is 31.7 Å². The van der Waals surface area contributed by atoms with Crippen molar-refractivity contribution in [1.29, 1.82) is 0 Å². The van der Waals surface area contributed by atoms with E-state index in [1.807, 2.05) is 25.1 Å². The Morgan fingerprint density at radius 1 is 1.24 bits per heavy atom. The average molecular weight is 347 g/mol. The molecule has 1 aliphatic rings. The third-order valence-corrected chi connectivity index (χ3v) is 4.54. The lowest BCUT2D eigenvalue weighted by molar-refractivity contribution is 0.0485. The van der Waals surface area contributed by atoms with Crippen LogP contribution in [0.2, 0.25) is 0 Å². The smallest absolute Gasteiger partial charge is 0.244 e. The van der Waals surface area contributed by atoms with Gasteiger partial charge in [-0.1, -0.05) is 17.3 Å². The van der Waals surface area contributed by atoms with Crippen LogP contribution in [-0.2, 0) is 11.3 Å². The maximum atomic E-state index is 5.52. The van der Waals surface area contributed by atoms with Crippen molar-refractivity contribution in [3.63, 3.8) is 0 Å². The molecule has 1 saturated heterocycles. The van der Waals surface area contributed by atoms with Crippen LogP contribution < -0.4 is 14.8 Å². The first-order chi connectivity index (χ1) is 12.2. The van der Waals surface area contributed by atoms with Crippen molar-refractivity contribution in [3.8, 4) is 11.5 Å². The van der Waals surface area contributed by atoms with Crippen molar-refractivity contribution in [2.24, 2.45) is 5.92 Å². The normalized spacial score (nSPS) is 16.6. The highest BCUT2D eigenvalue weighted by molar-refractivity contribution is 5.46. The summed E-state index contributed by atoms with van der Waals surface area (Å²) in [5.74, 6) is 3.13. The Bertz CT molecular complexity index is 683. The third kappa shape index (κ3) is 4.11. The van der Waals surface area contributed by atoms with Crippen LogP contribution in [0.5, 0.6) is 11.5 Å². The largest absolute Gasteiger partial charge is 0.493 e. The highest BCUT2D eigenvalue weighted by Crippen LogP contribution is 2.33. The number of aromatic nitrogens is 2. The predicted octanol–water partition coefficient (Wildman–Crippen LogP) is 2.65. The van der Waals surface area contributed by atoms with Gasteiger partial charge in [0.2, 0.25) is 5.89 Å². The van der Waals surface area contributed by atoms with Crippen LogP contribution in [0.15, 0.2) is 22.7 Å². The Balaban J connectivity index is 1.79.